The molecule has 0 heterocycles. The van der Waals surface area contributed by atoms with Crippen molar-refractivity contribution in [2.24, 2.45) is 0 Å². The van der Waals surface area contributed by atoms with E-state index in [9.17, 15) is 18.0 Å². The first-order valence-corrected chi connectivity index (χ1v) is 15.8. The van der Waals surface area contributed by atoms with Crippen LogP contribution in [0.3, 0.4) is 0 Å². The highest BCUT2D eigenvalue weighted by atomic mass is 35.5. The van der Waals surface area contributed by atoms with Gasteiger partial charge in [0.25, 0.3) is 0 Å². The Kier molecular flexibility index (Phi) is 11.9. The van der Waals surface area contributed by atoms with Crippen molar-refractivity contribution in [3.8, 4) is 5.75 Å². The van der Waals surface area contributed by atoms with Gasteiger partial charge in [0.1, 0.15) is 18.3 Å². The Morgan fingerprint density at radius 1 is 0.951 bits per heavy atom. The van der Waals surface area contributed by atoms with Gasteiger partial charge in [-0.2, -0.15) is 0 Å². The number of halogens is 2. The lowest BCUT2D eigenvalue weighted by Crippen LogP contribution is -2.53. The maximum absolute atomic E-state index is 14.1. The zero-order valence-electron chi connectivity index (χ0n) is 23.3. The number of sulfonamides is 1. The Morgan fingerprint density at radius 2 is 1.63 bits per heavy atom. The van der Waals surface area contributed by atoms with Gasteiger partial charge in [-0.1, -0.05) is 85.1 Å². The molecule has 0 fully saturated rings. The van der Waals surface area contributed by atoms with Crippen LogP contribution in [-0.4, -0.2) is 57.6 Å². The van der Waals surface area contributed by atoms with Crippen LogP contribution in [-0.2, 0) is 32.6 Å². The number of hydrogen-bond acceptors (Lipinski definition) is 5. The number of hydrogen-bond donors (Lipinski definition) is 1. The molecule has 0 saturated heterocycles. The molecule has 0 radical (unpaired) electrons. The summed E-state index contributed by atoms with van der Waals surface area (Å²) < 4.78 is 32.3. The molecule has 1 N–H and O–H groups in total. The number of nitrogens with one attached hydrogen (secondary N) is 1. The monoisotopic (exact) mass is 619 g/mol. The van der Waals surface area contributed by atoms with Crippen molar-refractivity contribution in [2.45, 2.75) is 38.8 Å². The molecule has 0 bridgehead atoms. The highest BCUT2D eigenvalue weighted by Crippen LogP contribution is 2.30. The number of carbonyl (C=O) groups is 2. The van der Waals surface area contributed by atoms with Gasteiger partial charge in [0, 0.05) is 19.5 Å². The first kappa shape index (κ1) is 32.2. The maximum Gasteiger partial charge on any atom is 0.244 e. The van der Waals surface area contributed by atoms with E-state index in [2.05, 4.69) is 5.32 Å². The third-order valence-electron chi connectivity index (χ3n) is 6.47. The zero-order chi connectivity index (χ0) is 30.0. The van der Waals surface area contributed by atoms with E-state index in [1.807, 2.05) is 37.3 Å². The molecular weight excluding hydrogens is 585 g/mol. The number of amides is 2. The molecule has 0 saturated carbocycles. The highest BCUT2D eigenvalue weighted by molar-refractivity contribution is 7.92. The number of unbranched alkanes of at least 4 members (excludes halogenated alkanes) is 1. The van der Waals surface area contributed by atoms with Crippen LogP contribution >= 0.6 is 23.2 Å². The fourth-order valence-electron chi connectivity index (χ4n) is 4.33. The standard InChI is InChI=1S/C30H35Cl2N3O5S/c1-4-5-17-33-30(37)27(19-22-11-7-6-8-12-22)34(20-23-15-16-24(31)25(32)18-23)29(36)21-35(41(3,38)39)26-13-9-10-14-28(26)40-2/h6-16,18,27H,4-5,17,19-21H2,1-3H3,(H,33,37). The molecule has 2 amide bonds. The van der Waals surface area contributed by atoms with Crippen molar-refractivity contribution in [3.63, 3.8) is 0 Å². The molecule has 3 aromatic rings. The second-order valence-electron chi connectivity index (χ2n) is 9.56. The van der Waals surface area contributed by atoms with Gasteiger partial charge >= 0.3 is 0 Å². The van der Waals surface area contributed by atoms with E-state index < -0.39 is 28.5 Å². The largest absolute Gasteiger partial charge is 0.495 e. The molecule has 41 heavy (non-hydrogen) atoms. The molecule has 8 nitrogen and oxygen atoms in total. The molecule has 3 rings (SSSR count). The number of para-hydroxylation sites is 2. The molecule has 3 aromatic carbocycles. The average Bonchev–Trinajstić information content (AvgIpc) is 2.95. The minimum absolute atomic E-state index is 0.00204. The summed E-state index contributed by atoms with van der Waals surface area (Å²) in [6, 6.07) is 19.9. The van der Waals surface area contributed by atoms with E-state index in [4.69, 9.17) is 27.9 Å². The molecule has 1 atom stereocenters. The quantitative estimate of drug-likeness (QED) is 0.246. The summed E-state index contributed by atoms with van der Waals surface area (Å²) in [4.78, 5) is 29.2. The highest BCUT2D eigenvalue weighted by Gasteiger charge is 2.33. The van der Waals surface area contributed by atoms with E-state index >= 15 is 0 Å². The van der Waals surface area contributed by atoms with Crippen LogP contribution in [0, 0.1) is 0 Å². The van der Waals surface area contributed by atoms with Gasteiger partial charge in [-0.05, 0) is 41.8 Å². The van der Waals surface area contributed by atoms with E-state index in [1.165, 1.54) is 12.0 Å². The normalized spacial score (nSPS) is 11.9. The SMILES string of the molecule is CCCCNC(=O)C(Cc1ccccc1)N(Cc1ccc(Cl)c(Cl)c1)C(=O)CN(c1ccccc1OC)S(C)(=O)=O. The predicted octanol–water partition coefficient (Wildman–Crippen LogP) is 5.32. The number of rotatable bonds is 14. The molecule has 0 spiro atoms. The van der Waals surface area contributed by atoms with Crippen LogP contribution in [0.4, 0.5) is 5.69 Å². The lowest BCUT2D eigenvalue weighted by atomic mass is 10.0. The molecule has 0 aromatic heterocycles. The van der Waals surface area contributed by atoms with Gasteiger partial charge in [-0.15, -0.1) is 0 Å². The Hall–Kier alpha value is -3.27. The summed E-state index contributed by atoms with van der Waals surface area (Å²) in [6.07, 6.45) is 2.91. The summed E-state index contributed by atoms with van der Waals surface area (Å²) in [6.45, 7) is 1.92. The Morgan fingerprint density at radius 3 is 2.27 bits per heavy atom. The van der Waals surface area contributed by atoms with Crippen molar-refractivity contribution in [3.05, 3.63) is 94.0 Å². The minimum Gasteiger partial charge on any atom is -0.495 e. The van der Waals surface area contributed by atoms with Crippen LogP contribution in [0.1, 0.15) is 30.9 Å². The van der Waals surface area contributed by atoms with Gasteiger partial charge < -0.3 is 15.0 Å². The second kappa shape index (κ2) is 15.1. The first-order chi connectivity index (χ1) is 19.5. The van der Waals surface area contributed by atoms with Crippen LogP contribution in [0.25, 0.3) is 0 Å². The third kappa shape index (κ3) is 9.11. The smallest absolute Gasteiger partial charge is 0.244 e. The van der Waals surface area contributed by atoms with Crippen molar-refractivity contribution >= 4 is 50.7 Å². The maximum atomic E-state index is 14.1. The summed E-state index contributed by atoms with van der Waals surface area (Å²) in [5.41, 5.74) is 1.70. The van der Waals surface area contributed by atoms with Crippen molar-refractivity contribution in [1.29, 1.82) is 0 Å². The van der Waals surface area contributed by atoms with Gasteiger partial charge in [0.05, 0.1) is 29.1 Å². The zero-order valence-corrected chi connectivity index (χ0v) is 25.7. The Balaban J connectivity index is 2.07. The van der Waals surface area contributed by atoms with E-state index in [0.717, 1.165) is 29.0 Å². The van der Waals surface area contributed by atoms with Crippen LogP contribution in [0.5, 0.6) is 5.75 Å². The summed E-state index contributed by atoms with van der Waals surface area (Å²) >= 11 is 12.4. The van der Waals surface area contributed by atoms with Crippen LogP contribution < -0.4 is 14.4 Å². The van der Waals surface area contributed by atoms with Crippen molar-refractivity contribution < 1.29 is 22.7 Å². The molecule has 11 heteroatoms. The molecular formula is C30H35Cl2N3O5S. The molecule has 0 aliphatic rings. The fraction of sp³-hybridized carbons (Fsp3) is 0.333. The summed E-state index contributed by atoms with van der Waals surface area (Å²) in [5, 5.41) is 3.60. The predicted molar refractivity (Wildman–Crippen MR) is 164 cm³/mol. The number of methoxy groups -OCH3 is 1. The van der Waals surface area contributed by atoms with Crippen molar-refractivity contribution in [1.82, 2.24) is 10.2 Å². The number of nitrogens with zero attached hydrogens (tertiary/aromatic N) is 2. The average molecular weight is 621 g/mol. The summed E-state index contributed by atoms with van der Waals surface area (Å²) in [7, 11) is -2.50. The lowest BCUT2D eigenvalue weighted by Gasteiger charge is -2.33. The number of anilines is 1. The molecule has 0 aliphatic carbocycles. The summed E-state index contributed by atoms with van der Waals surface area (Å²) in [5.74, 6) is -0.613. The van der Waals surface area contributed by atoms with E-state index in [0.29, 0.717) is 27.9 Å². The Bertz CT molecular complexity index is 1440. The van der Waals surface area contributed by atoms with Gasteiger partial charge in [0.2, 0.25) is 21.8 Å². The van der Waals surface area contributed by atoms with Gasteiger partial charge in [-0.3, -0.25) is 13.9 Å². The van der Waals surface area contributed by atoms with Crippen LogP contribution in [0.2, 0.25) is 10.0 Å². The topological polar surface area (TPSA) is 96.0 Å². The minimum atomic E-state index is -3.92. The number of carbonyl (C=O) groups excluding carboxylic acids is 2. The Labute approximate surface area is 252 Å². The number of benzene rings is 3. The van der Waals surface area contributed by atoms with E-state index in [-0.39, 0.29) is 24.6 Å². The molecule has 0 aliphatic heterocycles. The van der Waals surface area contributed by atoms with Crippen molar-refractivity contribution in [2.75, 3.05) is 30.8 Å². The van der Waals surface area contributed by atoms with Gasteiger partial charge in [-0.25, -0.2) is 8.42 Å². The first-order valence-electron chi connectivity index (χ1n) is 13.2. The van der Waals surface area contributed by atoms with Crippen LogP contribution in [0.15, 0.2) is 72.8 Å². The fourth-order valence-corrected chi connectivity index (χ4v) is 5.50. The van der Waals surface area contributed by atoms with Gasteiger partial charge in [0.15, 0.2) is 0 Å². The third-order valence-corrected chi connectivity index (χ3v) is 8.34. The number of ether oxygens (including phenoxy) is 1. The second-order valence-corrected chi connectivity index (χ2v) is 12.3. The molecule has 1 unspecified atom stereocenters. The lowest BCUT2D eigenvalue weighted by molar-refractivity contribution is -0.140. The van der Waals surface area contributed by atoms with E-state index in [1.54, 1.807) is 42.5 Å². The molecule has 220 valence electrons.